The van der Waals surface area contributed by atoms with E-state index in [9.17, 15) is 22.8 Å². The van der Waals surface area contributed by atoms with Crippen LogP contribution in [0.4, 0.5) is 18.9 Å². The van der Waals surface area contributed by atoms with Crippen LogP contribution in [0.3, 0.4) is 0 Å². The molecule has 2 amide bonds. The highest BCUT2D eigenvalue weighted by Crippen LogP contribution is 2.36. The first-order valence-electron chi connectivity index (χ1n) is 7.80. The lowest BCUT2D eigenvalue weighted by Gasteiger charge is -2.34. The summed E-state index contributed by atoms with van der Waals surface area (Å²) in [6.07, 6.45) is -3.47. The smallest absolute Gasteiger partial charge is 0.369 e. The third kappa shape index (κ3) is 4.85. The molecule has 1 fully saturated rings. The number of piperidine rings is 1. The molecule has 0 saturated carbocycles. The van der Waals surface area contributed by atoms with E-state index >= 15 is 0 Å². The molecule has 138 valence electrons. The van der Waals surface area contributed by atoms with Gasteiger partial charge in [-0.3, -0.25) is 14.5 Å². The Hall–Kier alpha value is -1.80. The summed E-state index contributed by atoms with van der Waals surface area (Å²) < 4.78 is 38.6. The molecule has 1 aliphatic rings. The molecule has 9 heteroatoms. The lowest BCUT2D eigenvalue weighted by Crippen LogP contribution is -2.47. The highest BCUT2D eigenvalue weighted by Gasteiger charge is 2.34. The van der Waals surface area contributed by atoms with Gasteiger partial charge in [0.25, 0.3) is 0 Å². The topological polar surface area (TPSA) is 75.4 Å². The normalized spacial score (nSPS) is 18.0. The van der Waals surface area contributed by atoms with Crippen LogP contribution in [0.1, 0.15) is 25.3 Å². The van der Waals surface area contributed by atoms with Crippen LogP contribution in [0.2, 0.25) is 5.02 Å². The molecule has 1 aromatic carbocycles. The van der Waals surface area contributed by atoms with Crippen LogP contribution in [0.15, 0.2) is 18.2 Å². The summed E-state index contributed by atoms with van der Waals surface area (Å²) >= 11 is 5.56. The lowest BCUT2D eigenvalue weighted by molar-refractivity contribution is -0.137. The lowest BCUT2D eigenvalue weighted by atomic mass is 9.95. The Bertz CT molecular complexity index is 659. The molecule has 0 bridgehead atoms. The van der Waals surface area contributed by atoms with Crippen molar-refractivity contribution in [3.05, 3.63) is 28.8 Å². The summed E-state index contributed by atoms with van der Waals surface area (Å²) in [6, 6.07) is 2.69. The summed E-state index contributed by atoms with van der Waals surface area (Å²) in [4.78, 5) is 25.4. The monoisotopic (exact) mass is 377 g/mol. The van der Waals surface area contributed by atoms with E-state index in [2.05, 4.69) is 5.32 Å². The van der Waals surface area contributed by atoms with Crippen LogP contribution in [-0.2, 0) is 15.8 Å². The van der Waals surface area contributed by atoms with Crippen LogP contribution in [-0.4, -0.2) is 35.8 Å². The van der Waals surface area contributed by atoms with Crippen LogP contribution in [0.5, 0.6) is 0 Å². The maximum absolute atomic E-state index is 12.9. The minimum atomic E-state index is -4.60. The van der Waals surface area contributed by atoms with Gasteiger partial charge in [0.05, 0.1) is 16.6 Å². The molecule has 1 aromatic rings. The molecule has 2 rings (SSSR count). The van der Waals surface area contributed by atoms with Crippen molar-refractivity contribution in [1.82, 2.24) is 4.90 Å². The first-order chi connectivity index (χ1) is 11.6. The van der Waals surface area contributed by atoms with E-state index in [4.69, 9.17) is 17.3 Å². The highest BCUT2D eigenvalue weighted by molar-refractivity contribution is 6.31. The summed E-state index contributed by atoms with van der Waals surface area (Å²) in [5, 5.41) is 2.06. The van der Waals surface area contributed by atoms with Gasteiger partial charge in [-0.15, -0.1) is 0 Å². The second kappa shape index (κ2) is 7.61. The predicted octanol–water partition coefficient (Wildman–Crippen LogP) is 2.88. The van der Waals surface area contributed by atoms with Gasteiger partial charge in [0.1, 0.15) is 0 Å². The summed E-state index contributed by atoms with van der Waals surface area (Å²) in [7, 11) is 0. The van der Waals surface area contributed by atoms with Crippen LogP contribution in [0, 0.1) is 5.92 Å². The van der Waals surface area contributed by atoms with Gasteiger partial charge in [0, 0.05) is 11.6 Å². The molecule has 0 aromatic heterocycles. The molecule has 0 radical (unpaired) electrons. The number of carbonyl (C=O) groups is 2. The summed E-state index contributed by atoms with van der Waals surface area (Å²) in [6.45, 7) is 2.72. The fraction of sp³-hybridized carbons (Fsp3) is 0.500. The zero-order chi connectivity index (χ0) is 18.8. The second-order valence-electron chi connectivity index (χ2n) is 6.07. The van der Waals surface area contributed by atoms with Gasteiger partial charge in [-0.1, -0.05) is 11.6 Å². The van der Waals surface area contributed by atoms with E-state index in [1.54, 1.807) is 6.92 Å². The van der Waals surface area contributed by atoms with Gasteiger partial charge in [-0.2, -0.15) is 13.2 Å². The number of primary amides is 1. The van der Waals surface area contributed by atoms with Crippen molar-refractivity contribution in [2.75, 3.05) is 18.4 Å². The number of amides is 2. The number of carbonyl (C=O) groups excluding carboxylic acids is 2. The first kappa shape index (κ1) is 19.5. The maximum Gasteiger partial charge on any atom is 0.417 e. The third-order valence-corrected chi connectivity index (χ3v) is 4.73. The zero-order valence-electron chi connectivity index (χ0n) is 13.6. The van der Waals surface area contributed by atoms with Crippen molar-refractivity contribution in [3.63, 3.8) is 0 Å². The van der Waals surface area contributed by atoms with Crippen molar-refractivity contribution in [3.8, 4) is 0 Å². The standard InChI is InChI=1S/C16H19ClF3N3O2/c1-9(23-6-4-10(5-7-23)14(21)24)15(25)22-11-2-3-13(17)12(8-11)16(18,19)20/h2-3,8-10H,4-7H2,1H3,(H2,21,24)(H,22,25)/t9-/m1/s1. The van der Waals surface area contributed by atoms with Crippen molar-refractivity contribution in [1.29, 1.82) is 0 Å². The van der Waals surface area contributed by atoms with E-state index in [-0.39, 0.29) is 17.5 Å². The number of nitrogens with two attached hydrogens (primary N) is 1. The number of rotatable bonds is 4. The number of hydrogen-bond donors (Lipinski definition) is 2. The number of likely N-dealkylation sites (tertiary alicyclic amines) is 1. The molecule has 1 heterocycles. The number of nitrogens with zero attached hydrogens (tertiary/aromatic N) is 1. The molecule has 0 aliphatic carbocycles. The molecular weight excluding hydrogens is 359 g/mol. The quantitative estimate of drug-likeness (QED) is 0.847. The zero-order valence-corrected chi connectivity index (χ0v) is 14.3. The summed E-state index contributed by atoms with van der Waals surface area (Å²) in [5.41, 5.74) is 4.30. The van der Waals surface area contributed by atoms with E-state index in [1.165, 1.54) is 6.07 Å². The van der Waals surface area contributed by atoms with Gasteiger partial charge in [0.15, 0.2) is 0 Å². The molecule has 1 atom stereocenters. The van der Waals surface area contributed by atoms with Crippen molar-refractivity contribution < 1.29 is 22.8 Å². The second-order valence-corrected chi connectivity index (χ2v) is 6.48. The van der Waals surface area contributed by atoms with Crippen LogP contribution >= 0.6 is 11.6 Å². The number of halogens is 4. The Morgan fingerprint density at radius 2 is 1.92 bits per heavy atom. The average Bonchev–Trinajstić information content (AvgIpc) is 2.55. The Kier molecular flexibility index (Phi) is 5.95. The molecule has 1 aliphatic heterocycles. The van der Waals surface area contributed by atoms with Crippen molar-refractivity contribution in [2.45, 2.75) is 32.0 Å². The Labute approximate surface area is 148 Å². The molecule has 1 saturated heterocycles. The number of anilines is 1. The molecule has 3 N–H and O–H groups in total. The largest absolute Gasteiger partial charge is 0.417 e. The maximum atomic E-state index is 12.9. The Balaban J connectivity index is 2.01. The SMILES string of the molecule is C[C@H](C(=O)Nc1ccc(Cl)c(C(F)(F)F)c1)N1CCC(C(N)=O)CC1. The molecule has 0 unspecified atom stereocenters. The van der Waals surface area contributed by atoms with Gasteiger partial charge in [-0.05, 0) is 51.1 Å². The van der Waals surface area contributed by atoms with Gasteiger partial charge < -0.3 is 11.1 Å². The van der Waals surface area contributed by atoms with E-state index in [1.807, 2.05) is 4.90 Å². The number of nitrogens with one attached hydrogen (secondary N) is 1. The van der Waals surface area contributed by atoms with Crippen molar-refractivity contribution >= 4 is 29.1 Å². The first-order valence-corrected chi connectivity index (χ1v) is 8.18. The molecular formula is C16H19ClF3N3O2. The summed E-state index contributed by atoms with van der Waals surface area (Å²) in [5.74, 6) is -0.970. The number of alkyl halides is 3. The minimum absolute atomic E-state index is 0.0283. The van der Waals surface area contributed by atoms with E-state index in [0.29, 0.717) is 25.9 Å². The van der Waals surface area contributed by atoms with E-state index in [0.717, 1.165) is 12.1 Å². The fourth-order valence-corrected chi connectivity index (χ4v) is 3.03. The Morgan fingerprint density at radius 3 is 2.44 bits per heavy atom. The fourth-order valence-electron chi connectivity index (χ4n) is 2.80. The van der Waals surface area contributed by atoms with Gasteiger partial charge in [-0.25, -0.2) is 0 Å². The predicted molar refractivity (Wildman–Crippen MR) is 88.0 cm³/mol. The Morgan fingerprint density at radius 1 is 1.32 bits per heavy atom. The third-order valence-electron chi connectivity index (χ3n) is 4.40. The van der Waals surface area contributed by atoms with Gasteiger partial charge in [0.2, 0.25) is 11.8 Å². The highest BCUT2D eigenvalue weighted by atomic mass is 35.5. The van der Waals surface area contributed by atoms with Crippen molar-refractivity contribution in [2.24, 2.45) is 11.7 Å². The minimum Gasteiger partial charge on any atom is -0.369 e. The number of benzene rings is 1. The molecule has 5 nitrogen and oxygen atoms in total. The van der Waals surface area contributed by atoms with Gasteiger partial charge >= 0.3 is 6.18 Å². The average molecular weight is 378 g/mol. The molecule has 0 spiro atoms. The van der Waals surface area contributed by atoms with Crippen LogP contribution in [0.25, 0.3) is 0 Å². The van der Waals surface area contributed by atoms with Crippen LogP contribution < -0.4 is 11.1 Å². The molecule has 25 heavy (non-hydrogen) atoms. The van der Waals surface area contributed by atoms with E-state index < -0.39 is 28.7 Å². The number of hydrogen-bond acceptors (Lipinski definition) is 3.